The Morgan fingerprint density at radius 2 is 1.62 bits per heavy atom. The zero-order chi connectivity index (χ0) is 17.1. The van der Waals surface area contributed by atoms with Crippen molar-refractivity contribution in [2.75, 3.05) is 20.3 Å². The van der Waals surface area contributed by atoms with Crippen molar-refractivity contribution < 1.29 is 24.2 Å². The number of hydrogen-bond acceptors (Lipinski definition) is 5. The summed E-state index contributed by atoms with van der Waals surface area (Å²) in [6, 6.07) is 13.3. The van der Waals surface area contributed by atoms with E-state index < -0.39 is 11.8 Å². The van der Waals surface area contributed by atoms with E-state index in [-0.39, 0.29) is 36.3 Å². The molecule has 5 nitrogen and oxygen atoms in total. The van der Waals surface area contributed by atoms with E-state index in [0.717, 1.165) is 0 Å². The lowest BCUT2D eigenvalue weighted by molar-refractivity contribution is 0.0809. The number of carbonyl (C=O) groups is 2. The van der Waals surface area contributed by atoms with Gasteiger partial charge in [-0.05, 0) is 18.2 Å². The van der Waals surface area contributed by atoms with Crippen molar-refractivity contribution in [1.82, 2.24) is 0 Å². The van der Waals surface area contributed by atoms with Crippen LogP contribution in [0.15, 0.2) is 48.5 Å². The topological polar surface area (TPSA) is 72.8 Å². The summed E-state index contributed by atoms with van der Waals surface area (Å²) in [5.41, 5.74) is 0.972. The molecular formula is C19H18O5. The van der Waals surface area contributed by atoms with Crippen molar-refractivity contribution >= 4 is 11.6 Å². The summed E-state index contributed by atoms with van der Waals surface area (Å²) >= 11 is 0. The van der Waals surface area contributed by atoms with E-state index in [4.69, 9.17) is 9.47 Å². The fourth-order valence-electron chi connectivity index (χ4n) is 2.93. The first kappa shape index (κ1) is 16.2. The highest BCUT2D eigenvalue weighted by molar-refractivity contribution is 6.05. The maximum atomic E-state index is 12.8. The Kier molecular flexibility index (Phi) is 4.62. The van der Waals surface area contributed by atoms with Crippen LogP contribution >= 0.6 is 0 Å². The summed E-state index contributed by atoms with van der Waals surface area (Å²) in [4.78, 5) is 25.5. The largest absolute Gasteiger partial charge is 0.504 e. The summed E-state index contributed by atoms with van der Waals surface area (Å²) in [6.07, 6.45) is 0. The highest BCUT2D eigenvalue weighted by Crippen LogP contribution is 2.31. The number of ketones is 2. The minimum Gasteiger partial charge on any atom is -0.504 e. The molecule has 2 aromatic carbocycles. The molecular weight excluding hydrogens is 308 g/mol. The predicted molar refractivity (Wildman–Crippen MR) is 87.6 cm³/mol. The molecule has 0 aromatic heterocycles. The van der Waals surface area contributed by atoms with E-state index in [2.05, 4.69) is 0 Å². The van der Waals surface area contributed by atoms with Crippen molar-refractivity contribution in [3.63, 3.8) is 0 Å². The molecule has 3 rings (SSSR count). The summed E-state index contributed by atoms with van der Waals surface area (Å²) in [6.45, 7) is 0.449. The molecule has 0 aliphatic carbocycles. The van der Waals surface area contributed by atoms with Crippen molar-refractivity contribution in [2.45, 2.75) is 0 Å². The first-order valence-electron chi connectivity index (χ1n) is 7.70. The quantitative estimate of drug-likeness (QED) is 0.855. The van der Waals surface area contributed by atoms with E-state index in [1.54, 1.807) is 24.3 Å². The zero-order valence-corrected chi connectivity index (χ0v) is 13.3. The number of aromatic hydroxyl groups is 1. The summed E-state index contributed by atoms with van der Waals surface area (Å²) in [7, 11) is 1.42. The van der Waals surface area contributed by atoms with Crippen LogP contribution in [0.4, 0.5) is 0 Å². The van der Waals surface area contributed by atoms with Gasteiger partial charge in [-0.15, -0.1) is 0 Å². The van der Waals surface area contributed by atoms with E-state index in [1.807, 2.05) is 6.07 Å². The van der Waals surface area contributed by atoms with Gasteiger partial charge in [-0.25, -0.2) is 0 Å². The second-order valence-corrected chi connectivity index (χ2v) is 5.73. The Morgan fingerprint density at radius 3 is 2.25 bits per heavy atom. The molecule has 0 amide bonds. The summed E-state index contributed by atoms with van der Waals surface area (Å²) < 4.78 is 10.5. The predicted octanol–water partition coefficient (Wildman–Crippen LogP) is 2.73. The molecule has 0 spiro atoms. The van der Waals surface area contributed by atoms with Crippen LogP contribution in [-0.2, 0) is 4.74 Å². The van der Waals surface area contributed by atoms with E-state index >= 15 is 0 Å². The maximum Gasteiger partial charge on any atom is 0.169 e. The molecule has 0 saturated carbocycles. The van der Waals surface area contributed by atoms with Gasteiger partial charge in [0.15, 0.2) is 23.1 Å². The third-order valence-corrected chi connectivity index (χ3v) is 4.28. The summed E-state index contributed by atoms with van der Waals surface area (Å²) in [5, 5.41) is 9.66. The van der Waals surface area contributed by atoms with E-state index in [0.29, 0.717) is 11.1 Å². The molecule has 2 aromatic rings. The van der Waals surface area contributed by atoms with Crippen LogP contribution in [0, 0.1) is 11.8 Å². The molecule has 124 valence electrons. The fraction of sp³-hybridized carbons (Fsp3) is 0.263. The Hall–Kier alpha value is -2.66. The minimum absolute atomic E-state index is 0.0337. The Balaban J connectivity index is 1.85. The average molecular weight is 326 g/mol. The number of hydrogen-bond donors (Lipinski definition) is 1. The molecule has 2 atom stereocenters. The standard InChI is InChI=1S/C19H18O5/c1-23-17-9-13(7-8-16(17)20)19(22)15-11-24-10-14(15)18(21)12-5-3-2-4-6-12/h2-9,14-15,20H,10-11H2,1H3/t14-,15-/m0/s1. The van der Waals surface area contributed by atoms with Gasteiger partial charge in [0, 0.05) is 11.1 Å². The molecule has 1 N–H and O–H groups in total. The van der Waals surface area contributed by atoms with Crippen molar-refractivity contribution in [1.29, 1.82) is 0 Å². The van der Waals surface area contributed by atoms with Crippen LogP contribution in [0.1, 0.15) is 20.7 Å². The van der Waals surface area contributed by atoms with Gasteiger partial charge in [-0.1, -0.05) is 30.3 Å². The van der Waals surface area contributed by atoms with E-state index in [1.165, 1.54) is 25.3 Å². The van der Waals surface area contributed by atoms with Gasteiger partial charge in [-0.2, -0.15) is 0 Å². The Labute approximate surface area is 139 Å². The smallest absolute Gasteiger partial charge is 0.169 e. The van der Waals surface area contributed by atoms with Crippen molar-refractivity contribution in [3.8, 4) is 11.5 Å². The molecule has 1 aliphatic heterocycles. The first-order valence-corrected chi connectivity index (χ1v) is 7.70. The Morgan fingerprint density at radius 1 is 1.00 bits per heavy atom. The van der Waals surface area contributed by atoms with Gasteiger partial charge in [-0.3, -0.25) is 9.59 Å². The number of methoxy groups -OCH3 is 1. The van der Waals surface area contributed by atoms with Gasteiger partial charge in [0.2, 0.25) is 0 Å². The lowest BCUT2D eigenvalue weighted by Gasteiger charge is -2.16. The van der Waals surface area contributed by atoms with Crippen LogP contribution in [0.5, 0.6) is 11.5 Å². The van der Waals surface area contributed by atoms with Crippen LogP contribution in [0.3, 0.4) is 0 Å². The monoisotopic (exact) mass is 326 g/mol. The average Bonchev–Trinajstić information content (AvgIpc) is 3.11. The lowest BCUT2D eigenvalue weighted by atomic mass is 9.83. The number of Topliss-reactive ketones (excluding diaryl/α,β-unsaturated/α-hetero) is 2. The van der Waals surface area contributed by atoms with Gasteiger partial charge in [0.1, 0.15) is 0 Å². The van der Waals surface area contributed by atoms with Gasteiger partial charge < -0.3 is 14.6 Å². The number of phenols is 1. The molecule has 1 heterocycles. The molecule has 1 fully saturated rings. The van der Waals surface area contributed by atoms with Crippen LogP contribution < -0.4 is 4.74 Å². The number of carbonyl (C=O) groups excluding carboxylic acids is 2. The van der Waals surface area contributed by atoms with Crippen LogP contribution in [0.2, 0.25) is 0 Å². The third kappa shape index (κ3) is 3.03. The van der Waals surface area contributed by atoms with Crippen LogP contribution in [0.25, 0.3) is 0 Å². The second kappa shape index (κ2) is 6.84. The highest BCUT2D eigenvalue weighted by Gasteiger charge is 2.39. The zero-order valence-electron chi connectivity index (χ0n) is 13.3. The van der Waals surface area contributed by atoms with Crippen molar-refractivity contribution in [2.24, 2.45) is 11.8 Å². The lowest BCUT2D eigenvalue weighted by Crippen LogP contribution is -2.29. The number of phenolic OH excluding ortho intramolecular Hbond substituents is 1. The number of benzene rings is 2. The Bertz CT molecular complexity index is 754. The number of rotatable bonds is 5. The molecule has 0 unspecified atom stereocenters. The molecule has 1 aliphatic rings. The molecule has 24 heavy (non-hydrogen) atoms. The van der Waals surface area contributed by atoms with Gasteiger partial charge in [0.25, 0.3) is 0 Å². The third-order valence-electron chi connectivity index (χ3n) is 4.28. The molecule has 0 bridgehead atoms. The summed E-state index contributed by atoms with van der Waals surface area (Å²) in [5.74, 6) is -1.11. The second-order valence-electron chi connectivity index (χ2n) is 5.73. The first-order chi connectivity index (χ1) is 11.6. The van der Waals surface area contributed by atoms with Crippen molar-refractivity contribution in [3.05, 3.63) is 59.7 Å². The van der Waals surface area contributed by atoms with Gasteiger partial charge >= 0.3 is 0 Å². The molecule has 5 heteroatoms. The SMILES string of the molecule is COc1cc(C(=O)[C@H]2COC[C@@H]2C(=O)c2ccccc2)ccc1O. The normalized spacial score (nSPS) is 19.9. The highest BCUT2D eigenvalue weighted by atomic mass is 16.5. The number of ether oxygens (including phenoxy) is 2. The van der Waals surface area contributed by atoms with E-state index in [9.17, 15) is 14.7 Å². The molecule has 0 radical (unpaired) electrons. The van der Waals surface area contributed by atoms with Gasteiger partial charge in [0.05, 0.1) is 32.2 Å². The molecule has 1 saturated heterocycles. The minimum atomic E-state index is -0.535. The fourth-order valence-corrected chi connectivity index (χ4v) is 2.93. The van der Waals surface area contributed by atoms with Crippen LogP contribution in [-0.4, -0.2) is 37.0 Å². The maximum absolute atomic E-state index is 12.8.